The molecule has 0 aliphatic carbocycles. The third kappa shape index (κ3) is 37.7. The molecule has 8 nitrogen and oxygen atoms in total. The van der Waals surface area contributed by atoms with Crippen molar-refractivity contribution >= 4 is 13.8 Å². The van der Waals surface area contributed by atoms with E-state index in [0.717, 1.165) is 77.0 Å². The average molecular weight is 726 g/mol. The maximum atomic E-state index is 12.5. The lowest BCUT2D eigenvalue weighted by Gasteiger charge is -2.20. The zero-order valence-electron chi connectivity index (χ0n) is 32.1. The molecule has 2 unspecified atom stereocenters. The van der Waals surface area contributed by atoms with E-state index in [1.165, 1.54) is 70.6 Å². The molecule has 0 fully saturated rings. The van der Waals surface area contributed by atoms with Crippen LogP contribution in [-0.4, -0.2) is 49.9 Å². The van der Waals surface area contributed by atoms with Gasteiger partial charge < -0.3 is 20.1 Å². The molecular formula is C41H76NO7P. The number of hydrogen-bond donors (Lipinski definition) is 2. The van der Waals surface area contributed by atoms with Gasteiger partial charge in [0.2, 0.25) is 0 Å². The lowest BCUT2D eigenvalue weighted by atomic mass is 10.1. The predicted octanol–water partition coefficient (Wildman–Crippen LogP) is 11.6. The summed E-state index contributed by atoms with van der Waals surface area (Å²) in [6, 6.07) is 0. The monoisotopic (exact) mass is 726 g/mol. The van der Waals surface area contributed by atoms with Crippen molar-refractivity contribution in [2.75, 3.05) is 33.0 Å². The van der Waals surface area contributed by atoms with Crippen LogP contribution in [0.25, 0.3) is 0 Å². The van der Waals surface area contributed by atoms with E-state index >= 15 is 0 Å². The molecular weight excluding hydrogens is 649 g/mol. The van der Waals surface area contributed by atoms with Crippen molar-refractivity contribution in [3.63, 3.8) is 0 Å². The van der Waals surface area contributed by atoms with Crippen LogP contribution < -0.4 is 5.73 Å². The number of allylic oxidation sites excluding steroid dienone is 8. The third-order valence-electron chi connectivity index (χ3n) is 8.22. The van der Waals surface area contributed by atoms with Gasteiger partial charge in [0.25, 0.3) is 0 Å². The van der Waals surface area contributed by atoms with Crippen molar-refractivity contribution in [3.05, 3.63) is 48.6 Å². The second kappa shape index (κ2) is 38.7. The average Bonchev–Trinajstić information content (AvgIpc) is 3.10. The molecule has 0 saturated carbocycles. The van der Waals surface area contributed by atoms with Gasteiger partial charge in [0.1, 0.15) is 6.10 Å². The summed E-state index contributed by atoms with van der Waals surface area (Å²) < 4.78 is 33.3. The first-order valence-corrected chi connectivity index (χ1v) is 21.6. The number of esters is 1. The van der Waals surface area contributed by atoms with Gasteiger partial charge in [-0.1, -0.05) is 140 Å². The van der Waals surface area contributed by atoms with Gasteiger partial charge in [0, 0.05) is 19.6 Å². The van der Waals surface area contributed by atoms with Crippen LogP contribution in [0.3, 0.4) is 0 Å². The van der Waals surface area contributed by atoms with Crippen LogP contribution in [-0.2, 0) is 27.9 Å². The molecule has 0 radical (unpaired) electrons. The Labute approximate surface area is 307 Å². The molecule has 0 saturated heterocycles. The van der Waals surface area contributed by atoms with Crippen molar-refractivity contribution in [2.45, 2.75) is 174 Å². The maximum Gasteiger partial charge on any atom is 0.472 e. The Balaban J connectivity index is 4.11. The summed E-state index contributed by atoms with van der Waals surface area (Å²) in [5, 5.41) is 0. The quantitative estimate of drug-likeness (QED) is 0.0279. The normalized spacial score (nSPS) is 14.1. The summed E-state index contributed by atoms with van der Waals surface area (Å²) in [6.45, 7) is 4.81. The van der Waals surface area contributed by atoms with Crippen LogP contribution in [0.1, 0.15) is 168 Å². The van der Waals surface area contributed by atoms with Gasteiger partial charge in [0.15, 0.2) is 0 Å². The largest absolute Gasteiger partial charge is 0.472 e. The number of unbranched alkanes of at least 4 members (excludes halogenated alkanes) is 17. The second-order valence-electron chi connectivity index (χ2n) is 13.1. The Hall–Kier alpha value is -1.54. The molecule has 0 heterocycles. The molecule has 0 rings (SSSR count). The van der Waals surface area contributed by atoms with Crippen molar-refractivity contribution in [1.29, 1.82) is 0 Å². The van der Waals surface area contributed by atoms with E-state index in [0.29, 0.717) is 13.0 Å². The number of ether oxygens (including phenoxy) is 2. The third-order valence-corrected chi connectivity index (χ3v) is 9.20. The van der Waals surface area contributed by atoms with Crippen LogP contribution >= 0.6 is 7.82 Å². The van der Waals surface area contributed by atoms with Gasteiger partial charge >= 0.3 is 13.8 Å². The Bertz CT molecular complexity index is 905. The number of carbonyl (C=O) groups excluding carboxylic acids is 1. The molecule has 0 aliphatic heterocycles. The first-order valence-electron chi connectivity index (χ1n) is 20.1. The Morgan fingerprint density at radius 2 is 1.08 bits per heavy atom. The minimum absolute atomic E-state index is 0.0944. The van der Waals surface area contributed by atoms with Crippen LogP contribution in [0.5, 0.6) is 0 Å². The standard InChI is InChI=1S/C41H76NO7P/c1-3-5-7-9-11-13-15-17-19-20-21-23-25-27-29-31-33-36-46-38-40(39-48-50(44,45)47-37-35-42)49-41(43)34-32-30-28-26-24-22-18-16-14-12-10-8-6-4-2/h10,12-13,15-16,18-20,40H,3-9,11,14,17,21-39,42H2,1-2H3,(H,44,45)/b12-10-,15-13-,18-16-,20-19-. The fraction of sp³-hybridized carbons (Fsp3) is 0.780. The Kier molecular flexibility index (Phi) is 37.5. The lowest BCUT2D eigenvalue weighted by Crippen LogP contribution is -2.28. The van der Waals surface area contributed by atoms with Crippen LogP contribution in [0.4, 0.5) is 0 Å². The minimum atomic E-state index is -4.28. The second-order valence-corrected chi connectivity index (χ2v) is 14.6. The van der Waals surface area contributed by atoms with Gasteiger partial charge in [-0.3, -0.25) is 13.8 Å². The van der Waals surface area contributed by atoms with Crippen LogP contribution in [0.2, 0.25) is 0 Å². The minimum Gasteiger partial charge on any atom is -0.457 e. The summed E-state index contributed by atoms with van der Waals surface area (Å²) in [7, 11) is -4.28. The van der Waals surface area contributed by atoms with E-state index in [2.05, 4.69) is 62.5 Å². The zero-order chi connectivity index (χ0) is 36.6. The molecule has 0 aromatic rings. The Morgan fingerprint density at radius 1 is 0.600 bits per heavy atom. The highest BCUT2D eigenvalue weighted by atomic mass is 31.2. The molecule has 0 bridgehead atoms. The summed E-state index contributed by atoms with van der Waals surface area (Å²) in [5.74, 6) is -0.350. The smallest absolute Gasteiger partial charge is 0.457 e. The highest BCUT2D eigenvalue weighted by Crippen LogP contribution is 2.43. The number of nitrogens with two attached hydrogens (primary N) is 1. The van der Waals surface area contributed by atoms with Crippen molar-refractivity contribution < 1.29 is 32.8 Å². The number of phosphoric ester groups is 1. The van der Waals surface area contributed by atoms with Crippen molar-refractivity contribution in [1.82, 2.24) is 0 Å². The SMILES string of the molecule is CCCC/C=C\C/C=C\CCCCCCCC(=O)OC(COCCCCCCCC/C=C\C/C=C\CCCCCC)COP(=O)(O)OCCN. The summed E-state index contributed by atoms with van der Waals surface area (Å²) in [5.41, 5.74) is 5.36. The number of phosphoric acid groups is 1. The maximum absolute atomic E-state index is 12.5. The van der Waals surface area contributed by atoms with Gasteiger partial charge in [-0.2, -0.15) is 0 Å². The number of carbonyl (C=O) groups is 1. The molecule has 0 amide bonds. The summed E-state index contributed by atoms with van der Waals surface area (Å²) >= 11 is 0. The molecule has 0 aromatic heterocycles. The molecule has 2 atom stereocenters. The van der Waals surface area contributed by atoms with E-state index in [4.69, 9.17) is 24.3 Å². The van der Waals surface area contributed by atoms with Crippen molar-refractivity contribution in [2.24, 2.45) is 5.73 Å². The first-order chi connectivity index (χ1) is 24.4. The lowest BCUT2D eigenvalue weighted by molar-refractivity contribution is -0.154. The van der Waals surface area contributed by atoms with E-state index in [-0.39, 0.29) is 32.3 Å². The topological polar surface area (TPSA) is 117 Å². The molecule has 0 spiro atoms. The Morgan fingerprint density at radius 3 is 1.62 bits per heavy atom. The molecule has 0 aromatic carbocycles. The first kappa shape index (κ1) is 48.5. The molecule has 292 valence electrons. The highest BCUT2D eigenvalue weighted by Gasteiger charge is 2.25. The van der Waals surface area contributed by atoms with Gasteiger partial charge in [-0.05, 0) is 70.6 Å². The van der Waals surface area contributed by atoms with E-state index in [1.54, 1.807) is 0 Å². The van der Waals surface area contributed by atoms with Crippen molar-refractivity contribution in [3.8, 4) is 0 Å². The van der Waals surface area contributed by atoms with Crippen LogP contribution in [0, 0.1) is 0 Å². The summed E-state index contributed by atoms with van der Waals surface area (Å²) in [4.78, 5) is 22.4. The highest BCUT2D eigenvalue weighted by molar-refractivity contribution is 7.47. The molecule has 3 N–H and O–H groups in total. The van der Waals surface area contributed by atoms with Gasteiger partial charge in [-0.15, -0.1) is 0 Å². The number of hydrogen-bond acceptors (Lipinski definition) is 7. The molecule has 0 aliphatic rings. The predicted molar refractivity (Wildman–Crippen MR) is 210 cm³/mol. The summed E-state index contributed by atoms with van der Waals surface area (Å²) in [6.07, 6.45) is 44.0. The zero-order valence-corrected chi connectivity index (χ0v) is 33.0. The van der Waals surface area contributed by atoms with Gasteiger partial charge in [-0.25, -0.2) is 4.57 Å². The van der Waals surface area contributed by atoms with E-state index < -0.39 is 13.9 Å². The van der Waals surface area contributed by atoms with E-state index in [9.17, 15) is 14.3 Å². The fourth-order valence-corrected chi connectivity index (χ4v) is 5.98. The van der Waals surface area contributed by atoms with Gasteiger partial charge in [0.05, 0.1) is 19.8 Å². The molecule has 9 heteroatoms. The molecule has 50 heavy (non-hydrogen) atoms. The van der Waals surface area contributed by atoms with Crippen LogP contribution in [0.15, 0.2) is 48.6 Å². The number of rotatable bonds is 38. The van der Waals surface area contributed by atoms with E-state index in [1.807, 2.05) is 0 Å². The fourth-order valence-electron chi connectivity index (χ4n) is 5.22.